The summed E-state index contributed by atoms with van der Waals surface area (Å²) in [5.74, 6) is 1.22. The van der Waals surface area contributed by atoms with Gasteiger partial charge in [0.25, 0.3) is 0 Å². The number of ether oxygens (including phenoxy) is 3. The number of halogens is 3. The Morgan fingerprint density at radius 2 is 1.73 bits per heavy atom. The molecule has 0 saturated heterocycles. The Labute approximate surface area is 152 Å². The zero-order chi connectivity index (χ0) is 18.6. The van der Waals surface area contributed by atoms with Gasteiger partial charge in [-0.1, -0.05) is 25.0 Å². The van der Waals surface area contributed by atoms with E-state index in [4.69, 9.17) is 9.47 Å². The van der Waals surface area contributed by atoms with Gasteiger partial charge in [-0.3, -0.25) is 0 Å². The maximum Gasteiger partial charge on any atom is 0.573 e. The van der Waals surface area contributed by atoms with Gasteiger partial charge in [-0.15, -0.1) is 13.2 Å². The van der Waals surface area contributed by atoms with Crippen LogP contribution in [0.15, 0.2) is 24.3 Å². The van der Waals surface area contributed by atoms with Crippen LogP contribution in [-0.4, -0.2) is 19.6 Å². The predicted molar refractivity (Wildman–Crippen MR) is 92.7 cm³/mol. The van der Waals surface area contributed by atoms with Gasteiger partial charge in [-0.05, 0) is 56.6 Å². The van der Waals surface area contributed by atoms with Gasteiger partial charge in [0.05, 0.1) is 6.61 Å². The number of benzene rings is 1. The summed E-state index contributed by atoms with van der Waals surface area (Å²) in [5, 5.41) is 0. The summed E-state index contributed by atoms with van der Waals surface area (Å²) in [6.45, 7) is 2.30. The molecular weight excluding hydrogens is 345 g/mol. The summed E-state index contributed by atoms with van der Waals surface area (Å²) in [4.78, 5) is 0. The third kappa shape index (κ3) is 5.08. The van der Waals surface area contributed by atoms with Gasteiger partial charge in [-0.2, -0.15) is 0 Å². The SMILES string of the molecule is Cc1c(OC/C=C/C2CCC2)ccc(OCC2CCC2)c1OC(F)(F)F. The van der Waals surface area contributed by atoms with Crippen molar-refractivity contribution in [2.24, 2.45) is 11.8 Å². The van der Waals surface area contributed by atoms with Crippen molar-refractivity contribution in [1.82, 2.24) is 0 Å². The third-order valence-corrected chi connectivity index (χ3v) is 5.13. The van der Waals surface area contributed by atoms with E-state index in [9.17, 15) is 13.2 Å². The first-order chi connectivity index (χ1) is 12.4. The van der Waals surface area contributed by atoms with E-state index in [0.717, 1.165) is 19.3 Å². The molecule has 3 nitrogen and oxygen atoms in total. The molecule has 2 fully saturated rings. The fourth-order valence-electron chi connectivity index (χ4n) is 3.05. The lowest BCUT2D eigenvalue weighted by Gasteiger charge is -2.26. The van der Waals surface area contributed by atoms with Gasteiger partial charge in [0, 0.05) is 5.56 Å². The summed E-state index contributed by atoms with van der Waals surface area (Å²) in [6.07, 6.45) is 6.19. The molecule has 2 saturated carbocycles. The molecule has 6 heteroatoms. The van der Waals surface area contributed by atoms with Gasteiger partial charge < -0.3 is 14.2 Å². The van der Waals surface area contributed by atoms with Crippen molar-refractivity contribution in [3.8, 4) is 17.2 Å². The summed E-state index contributed by atoms with van der Waals surface area (Å²) >= 11 is 0. The topological polar surface area (TPSA) is 27.7 Å². The highest BCUT2D eigenvalue weighted by atomic mass is 19.4. The Morgan fingerprint density at radius 1 is 1.04 bits per heavy atom. The Kier molecular flexibility index (Phi) is 5.99. The normalized spacial score (nSPS) is 18.5. The first kappa shape index (κ1) is 18.9. The Hall–Kier alpha value is -1.85. The average molecular weight is 370 g/mol. The van der Waals surface area contributed by atoms with Crippen LogP contribution in [0.4, 0.5) is 13.2 Å². The molecule has 0 heterocycles. The second-order valence-electron chi connectivity index (χ2n) is 7.10. The molecule has 0 N–H and O–H groups in total. The predicted octanol–water partition coefficient (Wildman–Crippen LogP) is 5.81. The van der Waals surface area contributed by atoms with E-state index in [1.165, 1.54) is 25.3 Å². The Morgan fingerprint density at radius 3 is 2.31 bits per heavy atom. The molecule has 1 aromatic rings. The molecule has 0 bridgehead atoms. The van der Waals surface area contributed by atoms with Gasteiger partial charge >= 0.3 is 6.36 Å². The van der Waals surface area contributed by atoms with E-state index >= 15 is 0 Å². The lowest BCUT2D eigenvalue weighted by Crippen LogP contribution is -2.21. The molecule has 0 amide bonds. The van der Waals surface area contributed by atoms with Crippen molar-refractivity contribution < 1.29 is 27.4 Å². The maximum atomic E-state index is 12.8. The molecule has 0 spiro atoms. The van der Waals surface area contributed by atoms with Crippen LogP contribution in [0.3, 0.4) is 0 Å². The largest absolute Gasteiger partial charge is 0.573 e. The smallest absolute Gasteiger partial charge is 0.489 e. The monoisotopic (exact) mass is 370 g/mol. The van der Waals surface area contributed by atoms with Crippen LogP contribution in [-0.2, 0) is 0 Å². The second-order valence-corrected chi connectivity index (χ2v) is 7.10. The highest BCUT2D eigenvalue weighted by Gasteiger charge is 2.34. The maximum absolute atomic E-state index is 12.8. The highest BCUT2D eigenvalue weighted by molar-refractivity contribution is 5.53. The molecular formula is C20H25F3O3. The van der Waals surface area contributed by atoms with Crippen molar-refractivity contribution in [2.45, 2.75) is 51.8 Å². The zero-order valence-electron chi connectivity index (χ0n) is 15.0. The van der Waals surface area contributed by atoms with E-state index in [2.05, 4.69) is 10.8 Å². The first-order valence-corrected chi connectivity index (χ1v) is 9.24. The van der Waals surface area contributed by atoms with Gasteiger partial charge in [-0.25, -0.2) is 0 Å². The fraction of sp³-hybridized carbons (Fsp3) is 0.600. The van der Waals surface area contributed by atoms with E-state index in [1.807, 2.05) is 6.08 Å². The second kappa shape index (κ2) is 8.23. The summed E-state index contributed by atoms with van der Waals surface area (Å²) in [7, 11) is 0. The average Bonchev–Trinajstić information content (AvgIpc) is 2.47. The lowest BCUT2D eigenvalue weighted by atomic mass is 9.85. The minimum atomic E-state index is -4.78. The van der Waals surface area contributed by atoms with Crippen molar-refractivity contribution in [3.05, 3.63) is 29.8 Å². The van der Waals surface area contributed by atoms with Crippen molar-refractivity contribution in [3.63, 3.8) is 0 Å². The minimum absolute atomic E-state index is 0.115. The molecule has 0 aliphatic heterocycles. The van der Waals surface area contributed by atoms with Crippen LogP contribution in [0.2, 0.25) is 0 Å². The molecule has 26 heavy (non-hydrogen) atoms. The Balaban J connectivity index is 1.68. The molecule has 2 aliphatic carbocycles. The first-order valence-electron chi connectivity index (χ1n) is 9.24. The van der Waals surface area contributed by atoms with Gasteiger partial charge in [0.2, 0.25) is 0 Å². The fourth-order valence-corrected chi connectivity index (χ4v) is 3.05. The minimum Gasteiger partial charge on any atom is -0.489 e. The number of allylic oxidation sites excluding steroid dienone is 1. The van der Waals surface area contributed by atoms with Crippen molar-refractivity contribution in [1.29, 1.82) is 0 Å². The van der Waals surface area contributed by atoms with E-state index < -0.39 is 6.36 Å². The third-order valence-electron chi connectivity index (χ3n) is 5.13. The van der Waals surface area contributed by atoms with Gasteiger partial charge in [0.15, 0.2) is 11.5 Å². The van der Waals surface area contributed by atoms with Crippen LogP contribution in [0.5, 0.6) is 17.2 Å². The van der Waals surface area contributed by atoms with Gasteiger partial charge in [0.1, 0.15) is 12.4 Å². The molecule has 0 radical (unpaired) electrons. The molecule has 144 valence electrons. The number of alkyl halides is 3. The Bertz CT molecular complexity index is 632. The highest BCUT2D eigenvalue weighted by Crippen LogP contribution is 2.41. The van der Waals surface area contributed by atoms with Crippen LogP contribution in [0, 0.1) is 18.8 Å². The molecule has 0 aromatic heterocycles. The lowest BCUT2D eigenvalue weighted by molar-refractivity contribution is -0.275. The molecule has 2 aliphatic rings. The van der Waals surface area contributed by atoms with Crippen molar-refractivity contribution >= 4 is 0 Å². The quantitative estimate of drug-likeness (QED) is 0.541. The van der Waals surface area contributed by atoms with E-state index in [1.54, 1.807) is 13.0 Å². The number of hydrogen-bond acceptors (Lipinski definition) is 3. The van der Waals surface area contributed by atoms with Crippen LogP contribution in [0.1, 0.15) is 44.1 Å². The van der Waals surface area contributed by atoms with E-state index in [-0.39, 0.29) is 11.5 Å². The molecule has 1 aromatic carbocycles. The molecule has 3 rings (SSSR count). The zero-order valence-corrected chi connectivity index (χ0v) is 15.0. The number of hydrogen-bond donors (Lipinski definition) is 0. The molecule has 0 atom stereocenters. The van der Waals surface area contributed by atoms with Crippen LogP contribution < -0.4 is 14.2 Å². The summed E-state index contributed by atoms with van der Waals surface area (Å²) < 4.78 is 53.9. The van der Waals surface area contributed by atoms with Crippen LogP contribution >= 0.6 is 0 Å². The standard InChI is InChI=1S/C20H25F3O3/c1-14-17(24-12-4-9-15-5-2-6-15)10-11-18(19(14)26-20(21,22)23)25-13-16-7-3-8-16/h4,9-11,15-16H,2-3,5-8,12-13H2,1H3/b9-4+. The van der Waals surface area contributed by atoms with Crippen molar-refractivity contribution in [2.75, 3.05) is 13.2 Å². The number of rotatable bonds is 8. The van der Waals surface area contributed by atoms with E-state index in [0.29, 0.717) is 36.4 Å². The molecule has 0 unspecified atom stereocenters. The summed E-state index contributed by atoms with van der Waals surface area (Å²) in [6, 6.07) is 3.14. The van der Waals surface area contributed by atoms with Crippen LogP contribution in [0.25, 0.3) is 0 Å². The summed E-state index contributed by atoms with van der Waals surface area (Å²) in [5.41, 5.74) is 0.297.